The van der Waals surface area contributed by atoms with E-state index in [4.69, 9.17) is 11.6 Å². The first-order valence-electron chi connectivity index (χ1n) is 8.14. The number of hydrogen-bond acceptors (Lipinski definition) is 3. The Morgan fingerprint density at radius 3 is 2.44 bits per heavy atom. The average Bonchev–Trinajstić information content (AvgIpc) is 2.61. The molecule has 0 atom stereocenters. The fourth-order valence-electron chi connectivity index (χ4n) is 2.27. The summed E-state index contributed by atoms with van der Waals surface area (Å²) in [7, 11) is 0. The van der Waals surface area contributed by atoms with E-state index in [0.29, 0.717) is 18.0 Å². The molecule has 0 aromatic heterocycles. The topological polar surface area (TPSA) is 70.2 Å². The van der Waals surface area contributed by atoms with Crippen LogP contribution in [0.5, 0.6) is 0 Å². The zero-order valence-corrected chi connectivity index (χ0v) is 15.1. The molecule has 0 bridgehead atoms. The number of rotatable bonds is 7. The maximum Gasteiger partial charge on any atom is 0.239 e. The maximum atomic E-state index is 12.0. The summed E-state index contributed by atoms with van der Waals surface area (Å²) < 4.78 is 0. The largest absolute Gasteiger partial charge is 0.376 e. The lowest BCUT2D eigenvalue weighted by Gasteiger charge is -2.14. The number of anilines is 2. The lowest BCUT2D eigenvalue weighted by molar-refractivity contribution is -0.119. The minimum atomic E-state index is -0.137. The quantitative estimate of drug-likeness (QED) is 0.705. The van der Waals surface area contributed by atoms with E-state index in [1.54, 1.807) is 13.0 Å². The minimum absolute atomic E-state index is 0.0438. The van der Waals surface area contributed by atoms with Gasteiger partial charge in [-0.05, 0) is 36.2 Å². The van der Waals surface area contributed by atoms with Crippen LogP contribution in [0.15, 0.2) is 42.5 Å². The molecule has 3 N–H and O–H groups in total. The maximum absolute atomic E-state index is 12.0. The number of carbonyl (C=O) groups is 2. The molecule has 0 aliphatic rings. The number of benzene rings is 2. The molecule has 0 saturated heterocycles. The summed E-state index contributed by atoms with van der Waals surface area (Å²) in [6.45, 7) is 4.22. The number of carbonyl (C=O) groups excluding carboxylic acids is 2. The molecule has 25 heavy (non-hydrogen) atoms. The first kappa shape index (κ1) is 18.8. The van der Waals surface area contributed by atoms with Gasteiger partial charge in [0.1, 0.15) is 0 Å². The molecule has 0 aliphatic carbocycles. The third-order valence-electron chi connectivity index (χ3n) is 3.80. The van der Waals surface area contributed by atoms with E-state index in [2.05, 4.69) is 16.0 Å². The second-order valence-electron chi connectivity index (χ2n) is 5.60. The van der Waals surface area contributed by atoms with Crippen LogP contribution in [0.2, 0.25) is 5.02 Å². The van der Waals surface area contributed by atoms with Gasteiger partial charge in [-0.2, -0.15) is 0 Å². The van der Waals surface area contributed by atoms with Gasteiger partial charge in [0.2, 0.25) is 11.8 Å². The number of nitrogens with one attached hydrogen (secondary N) is 3. The average molecular weight is 360 g/mol. The van der Waals surface area contributed by atoms with Gasteiger partial charge in [0.25, 0.3) is 0 Å². The van der Waals surface area contributed by atoms with Crippen LogP contribution in [0.4, 0.5) is 11.4 Å². The standard InChI is InChI=1S/C19H22ClN3O2/c1-3-18(24)23-17-10-6-9-16(13(17)2)21-12-19(25)22-11-14-7-4-5-8-15(14)20/h4-10,21H,3,11-12H2,1-2H3,(H,22,25)(H,23,24). The summed E-state index contributed by atoms with van der Waals surface area (Å²) in [5, 5.41) is 9.41. The third kappa shape index (κ3) is 5.50. The van der Waals surface area contributed by atoms with Crippen LogP contribution in [0.3, 0.4) is 0 Å². The van der Waals surface area contributed by atoms with Gasteiger partial charge in [-0.1, -0.05) is 42.8 Å². The molecule has 2 aromatic rings. The summed E-state index contributed by atoms with van der Waals surface area (Å²) in [5.74, 6) is -0.181. The fraction of sp³-hybridized carbons (Fsp3) is 0.263. The Morgan fingerprint density at radius 1 is 1.00 bits per heavy atom. The Bertz CT molecular complexity index is 762. The van der Waals surface area contributed by atoms with Gasteiger partial charge in [0.05, 0.1) is 6.54 Å². The summed E-state index contributed by atoms with van der Waals surface area (Å²) in [6.07, 6.45) is 0.418. The normalized spacial score (nSPS) is 10.2. The monoisotopic (exact) mass is 359 g/mol. The van der Waals surface area contributed by atoms with Crippen molar-refractivity contribution in [1.29, 1.82) is 0 Å². The van der Waals surface area contributed by atoms with E-state index in [1.165, 1.54) is 0 Å². The van der Waals surface area contributed by atoms with E-state index < -0.39 is 0 Å². The molecule has 0 fully saturated rings. The molecule has 0 aliphatic heterocycles. The van der Waals surface area contributed by atoms with E-state index in [1.807, 2.05) is 43.3 Å². The van der Waals surface area contributed by atoms with Crippen LogP contribution in [0, 0.1) is 6.92 Å². The highest BCUT2D eigenvalue weighted by Gasteiger charge is 2.08. The molecule has 6 heteroatoms. The predicted molar refractivity (Wildman–Crippen MR) is 102 cm³/mol. The van der Waals surface area contributed by atoms with Gasteiger partial charge >= 0.3 is 0 Å². The third-order valence-corrected chi connectivity index (χ3v) is 4.17. The van der Waals surface area contributed by atoms with Gasteiger partial charge in [-0.3, -0.25) is 9.59 Å². The first-order chi connectivity index (χ1) is 12.0. The molecule has 5 nitrogen and oxygen atoms in total. The smallest absolute Gasteiger partial charge is 0.239 e. The Balaban J connectivity index is 1.90. The summed E-state index contributed by atoms with van der Waals surface area (Å²) in [6, 6.07) is 12.9. The van der Waals surface area contributed by atoms with Crippen molar-refractivity contribution in [3.05, 3.63) is 58.6 Å². The van der Waals surface area contributed by atoms with E-state index >= 15 is 0 Å². The van der Waals surface area contributed by atoms with Crippen molar-refractivity contribution >= 4 is 34.8 Å². The SMILES string of the molecule is CCC(=O)Nc1cccc(NCC(=O)NCc2ccccc2Cl)c1C. The highest BCUT2D eigenvalue weighted by atomic mass is 35.5. The molecular formula is C19H22ClN3O2. The van der Waals surface area contributed by atoms with Gasteiger partial charge < -0.3 is 16.0 Å². The fourth-order valence-corrected chi connectivity index (χ4v) is 2.48. The Kier molecular flexibility index (Phi) is 6.83. The van der Waals surface area contributed by atoms with Gasteiger partial charge in [-0.25, -0.2) is 0 Å². The lowest BCUT2D eigenvalue weighted by Crippen LogP contribution is -2.29. The summed E-state index contributed by atoms with van der Waals surface area (Å²) >= 11 is 6.07. The molecular weight excluding hydrogens is 338 g/mol. The second-order valence-corrected chi connectivity index (χ2v) is 6.01. The highest BCUT2D eigenvalue weighted by Crippen LogP contribution is 2.23. The van der Waals surface area contributed by atoms with Crippen LogP contribution in [0.1, 0.15) is 24.5 Å². The van der Waals surface area contributed by atoms with Gasteiger partial charge in [-0.15, -0.1) is 0 Å². The zero-order valence-electron chi connectivity index (χ0n) is 14.4. The van der Waals surface area contributed by atoms with Crippen molar-refractivity contribution in [1.82, 2.24) is 5.32 Å². The summed E-state index contributed by atoms with van der Waals surface area (Å²) in [4.78, 5) is 23.6. The van der Waals surface area contributed by atoms with Crippen LogP contribution < -0.4 is 16.0 Å². The molecule has 0 spiro atoms. The molecule has 2 rings (SSSR count). The van der Waals surface area contributed by atoms with Crippen molar-refractivity contribution in [2.24, 2.45) is 0 Å². The van der Waals surface area contributed by atoms with E-state index in [9.17, 15) is 9.59 Å². The van der Waals surface area contributed by atoms with Crippen molar-refractivity contribution in [3.63, 3.8) is 0 Å². The van der Waals surface area contributed by atoms with Crippen LogP contribution >= 0.6 is 11.6 Å². The van der Waals surface area contributed by atoms with Crippen molar-refractivity contribution in [3.8, 4) is 0 Å². The molecule has 0 radical (unpaired) electrons. The molecule has 132 valence electrons. The van der Waals surface area contributed by atoms with Gasteiger partial charge in [0.15, 0.2) is 0 Å². The molecule has 2 aromatic carbocycles. The molecule has 2 amide bonds. The van der Waals surface area contributed by atoms with E-state index in [-0.39, 0.29) is 18.4 Å². The molecule has 0 unspecified atom stereocenters. The summed E-state index contributed by atoms with van der Waals surface area (Å²) in [5.41, 5.74) is 3.32. The Morgan fingerprint density at radius 2 is 1.72 bits per heavy atom. The van der Waals surface area contributed by atoms with Crippen molar-refractivity contribution in [2.75, 3.05) is 17.2 Å². The Labute approximate surface area is 152 Å². The van der Waals surface area contributed by atoms with Crippen LogP contribution in [-0.2, 0) is 16.1 Å². The van der Waals surface area contributed by atoms with E-state index in [0.717, 1.165) is 22.5 Å². The van der Waals surface area contributed by atoms with Crippen molar-refractivity contribution < 1.29 is 9.59 Å². The second kappa shape index (κ2) is 9.08. The van der Waals surface area contributed by atoms with Crippen molar-refractivity contribution in [2.45, 2.75) is 26.8 Å². The minimum Gasteiger partial charge on any atom is -0.376 e. The zero-order chi connectivity index (χ0) is 18.2. The van der Waals surface area contributed by atoms with Crippen LogP contribution in [-0.4, -0.2) is 18.4 Å². The Hall–Kier alpha value is -2.53. The predicted octanol–water partition coefficient (Wildman–Crippen LogP) is 3.73. The molecule has 0 heterocycles. The number of hydrogen-bond donors (Lipinski definition) is 3. The first-order valence-corrected chi connectivity index (χ1v) is 8.52. The molecule has 0 saturated carbocycles. The van der Waals surface area contributed by atoms with Crippen LogP contribution in [0.25, 0.3) is 0 Å². The highest BCUT2D eigenvalue weighted by molar-refractivity contribution is 6.31. The number of amides is 2. The lowest BCUT2D eigenvalue weighted by atomic mass is 10.1. The number of halogens is 1. The van der Waals surface area contributed by atoms with Gasteiger partial charge in [0, 0.05) is 29.4 Å².